The lowest BCUT2D eigenvalue weighted by Gasteiger charge is -2.30. The van der Waals surface area contributed by atoms with E-state index in [2.05, 4.69) is 5.32 Å². The molecule has 2 amide bonds. The van der Waals surface area contributed by atoms with Crippen LogP contribution in [0.25, 0.3) is 0 Å². The number of carbonyl (C=O) groups is 2. The molecule has 2 saturated heterocycles. The first-order valence-electron chi connectivity index (χ1n) is 15.3. The maximum Gasteiger partial charge on any atom is 0.414 e. The van der Waals surface area contributed by atoms with Crippen LogP contribution in [0.3, 0.4) is 0 Å². The number of anilines is 1. The van der Waals surface area contributed by atoms with Gasteiger partial charge in [0.25, 0.3) is 10.0 Å². The van der Waals surface area contributed by atoms with Crippen molar-refractivity contribution < 1.29 is 46.9 Å². The molecule has 2 heterocycles. The largest absolute Gasteiger partial charge is 0.443 e. The zero-order valence-corrected chi connectivity index (χ0v) is 27.9. The summed E-state index contributed by atoms with van der Waals surface area (Å²) in [6.07, 6.45) is -3.45. The van der Waals surface area contributed by atoms with Crippen molar-refractivity contribution in [3.8, 4) is 0 Å². The number of sulfonamides is 1. The summed E-state index contributed by atoms with van der Waals surface area (Å²) in [7, 11) is -2.90. The Morgan fingerprint density at radius 1 is 1.09 bits per heavy atom. The zero-order chi connectivity index (χ0) is 33.6. The van der Waals surface area contributed by atoms with Gasteiger partial charge < -0.3 is 29.4 Å². The Hall–Kier alpha value is -3.27. The molecule has 13 nitrogen and oxygen atoms in total. The van der Waals surface area contributed by atoms with E-state index in [1.165, 1.54) is 30.1 Å². The average molecular weight is 664 g/mol. The summed E-state index contributed by atoms with van der Waals surface area (Å²) in [4.78, 5) is 32.5. The lowest BCUT2D eigenvalue weighted by atomic mass is 10.0. The van der Waals surface area contributed by atoms with Gasteiger partial charge in [0.15, 0.2) is 6.29 Å². The van der Waals surface area contributed by atoms with Crippen molar-refractivity contribution in [2.75, 3.05) is 31.7 Å². The Morgan fingerprint density at radius 2 is 1.80 bits per heavy atom. The minimum atomic E-state index is -4.37. The number of nitrogens with one attached hydrogen (secondary N) is 1. The van der Waals surface area contributed by atoms with E-state index >= 15 is 0 Å². The van der Waals surface area contributed by atoms with Crippen LogP contribution in [0.1, 0.15) is 46.6 Å². The van der Waals surface area contributed by atoms with Crippen molar-refractivity contribution in [3.05, 3.63) is 60.2 Å². The van der Waals surface area contributed by atoms with E-state index in [-0.39, 0.29) is 29.5 Å². The Labute approximate surface area is 270 Å². The van der Waals surface area contributed by atoms with E-state index in [9.17, 15) is 23.1 Å². The fourth-order valence-electron chi connectivity index (χ4n) is 5.14. The highest BCUT2D eigenvalue weighted by Gasteiger charge is 2.44. The monoisotopic (exact) mass is 663 g/mol. The van der Waals surface area contributed by atoms with Gasteiger partial charge in [-0.15, -0.1) is 0 Å². The van der Waals surface area contributed by atoms with Crippen LogP contribution in [0.2, 0.25) is 0 Å². The zero-order valence-electron chi connectivity index (χ0n) is 27.1. The Bertz CT molecular complexity index is 1430. The maximum atomic E-state index is 13.9. The van der Waals surface area contributed by atoms with Gasteiger partial charge in [-0.05, 0) is 71.2 Å². The summed E-state index contributed by atoms with van der Waals surface area (Å²) in [6, 6.07) is 14.0. The number of fused-ring (bicyclic) bond motifs is 1. The van der Waals surface area contributed by atoms with E-state index in [1.54, 1.807) is 40.7 Å². The second kappa shape index (κ2) is 15.1. The van der Waals surface area contributed by atoms with Crippen LogP contribution < -0.4 is 10.2 Å². The standard InChI is InChI=1S/C32H45N3O10S/c1-21(2)45-35(46(39,40)24-14-10-13-23(18-24)34(6)31(38)44-32(3,4)5)19-27(36)26(17-22-11-8-7-9-12-22)33-30(37)43-28-20-42-29-25(28)15-16-41-29/h7-14,18,21,25-29,36H,15-17,19-20H2,1-6H3,(H,33,37)/t25-,26?,27+,28?,29+/m0/s1. The van der Waals surface area contributed by atoms with Gasteiger partial charge in [0.2, 0.25) is 0 Å². The molecule has 2 aromatic rings. The van der Waals surface area contributed by atoms with Crippen LogP contribution in [0.15, 0.2) is 59.5 Å². The molecule has 2 unspecified atom stereocenters. The molecular formula is C32H45N3O10S. The van der Waals surface area contributed by atoms with Crippen molar-refractivity contribution >= 4 is 27.9 Å². The number of rotatable bonds is 12. The predicted octanol–water partition coefficient (Wildman–Crippen LogP) is 3.85. The first kappa shape index (κ1) is 35.6. The summed E-state index contributed by atoms with van der Waals surface area (Å²) in [5.74, 6) is -0.0755. The second-order valence-electron chi connectivity index (χ2n) is 12.7. The number of amides is 2. The molecule has 2 aliphatic rings. The van der Waals surface area contributed by atoms with Crippen LogP contribution in [-0.4, -0.2) is 93.2 Å². The number of aliphatic hydroxyl groups excluding tert-OH is 1. The van der Waals surface area contributed by atoms with Gasteiger partial charge in [-0.2, -0.15) is 0 Å². The lowest BCUT2D eigenvalue weighted by molar-refractivity contribution is -0.136. The van der Waals surface area contributed by atoms with Gasteiger partial charge in [-0.25, -0.2) is 18.0 Å². The molecule has 0 aliphatic carbocycles. The highest BCUT2D eigenvalue weighted by atomic mass is 32.2. The molecule has 0 spiro atoms. The molecule has 0 aromatic heterocycles. The Morgan fingerprint density at radius 3 is 2.48 bits per heavy atom. The number of hydrogen-bond acceptors (Lipinski definition) is 10. The third-order valence-electron chi connectivity index (χ3n) is 7.41. The highest BCUT2D eigenvalue weighted by Crippen LogP contribution is 2.33. The van der Waals surface area contributed by atoms with Crippen molar-refractivity contribution in [1.82, 2.24) is 9.79 Å². The van der Waals surface area contributed by atoms with E-state index in [0.717, 1.165) is 5.56 Å². The van der Waals surface area contributed by atoms with Crippen LogP contribution in [0.5, 0.6) is 0 Å². The number of aliphatic hydroxyl groups is 1. The summed E-state index contributed by atoms with van der Waals surface area (Å²) >= 11 is 0. The highest BCUT2D eigenvalue weighted by molar-refractivity contribution is 7.89. The molecule has 0 bridgehead atoms. The van der Waals surface area contributed by atoms with Crippen molar-refractivity contribution in [2.24, 2.45) is 5.92 Å². The molecule has 254 valence electrons. The van der Waals surface area contributed by atoms with Gasteiger partial charge in [-0.3, -0.25) is 9.74 Å². The van der Waals surface area contributed by atoms with Gasteiger partial charge in [0, 0.05) is 12.7 Å². The molecule has 0 radical (unpaired) electrons. The third kappa shape index (κ3) is 9.39. The fraction of sp³-hybridized carbons (Fsp3) is 0.562. The number of hydrogen-bond donors (Lipinski definition) is 2. The van der Waals surface area contributed by atoms with E-state index in [4.69, 9.17) is 23.8 Å². The average Bonchev–Trinajstić information content (AvgIpc) is 3.61. The molecule has 46 heavy (non-hydrogen) atoms. The number of nitrogens with zero attached hydrogens (tertiary/aromatic N) is 2. The maximum absolute atomic E-state index is 13.9. The van der Waals surface area contributed by atoms with Crippen molar-refractivity contribution in [1.29, 1.82) is 0 Å². The van der Waals surface area contributed by atoms with E-state index < -0.39 is 65.0 Å². The molecular weight excluding hydrogens is 618 g/mol. The fourth-order valence-corrected chi connectivity index (χ4v) is 6.53. The Balaban J connectivity index is 1.54. The van der Waals surface area contributed by atoms with Gasteiger partial charge in [0.05, 0.1) is 48.8 Å². The Kier molecular flexibility index (Phi) is 11.7. The topological polar surface area (TPSA) is 153 Å². The summed E-state index contributed by atoms with van der Waals surface area (Å²) in [6.45, 7) is 8.70. The van der Waals surface area contributed by atoms with Crippen LogP contribution in [0.4, 0.5) is 15.3 Å². The predicted molar refractivity (Wildman–Crippen MR) is 168 cm³/mol. The second-order valence-corrected chi connectivity index (χ2v) is 14.5. The van der Waals surface area contributed by atoms with Gasteiger partial charge >= 0.3 is 12.2 Å². The number of alkyl carbamates (subject to hydrolysis) is 1. The minimum absolute atomic E-state index is 0.0755. The van der Waals surface area contributed by atoms with Crippen LogP contribution >= 0.6 is 0 Å². The molecule has 2 aromatic carbocycles. The van der Waals surface area contributed by atoms with Crippen LogP contribution in [0, 0.1) is 5.92 Å². The first-order valence-corrected chi connectivity index (χ1v) is 16.8. The molecule has 14 heteroatoms. The molecule has 0 saturated carbocycles. The van der Waals surface area contributed by atoms with Gasteiger partial charge in [-0.1, -0.05) is 40.9 Å². The van der Waals surface area contributed by atoms with E-state index in [0.29, 0.717) is 17.5 Å². The molecule has 4 rings (SSSR count). The minimum Gasteiger partial charge on any atom is -0.443 e. The summed E-state index contributed by atoms with van der Waals surface area (Å²) in [5.41, 5.74) is 0.331. The quantitative estimate of drug-likeness (QED) is 0.320. The summed E-state index contributed by atoms with van der Waals surface area (Å²) in [5, 5.41) is 14.2. The lowest BCUT2D eigenvalue weighted by Crippen LogP contribution is -2.51. The molecule has 2 N–H and O–H groups in total. The number of hydroxylamine groups is 1. The SMILES string of the molecule is CC(C)ON(C[C@@H](O)C(Cc1ccccc1)NC(=O)OC1CO[C@H]2OCC[C@@H]12)S(=O)(=O)c1cccc(N(C)C(=O)OC(C)(C)C)c1. The van der Waals surface area contributed by atoms with Crippen molar-refractivity contribution in [3.63, 3.8) is 0 Å². The molecule has 5 atom stereocenters. The third-order valence-corrected chi connectivity index (χ3v) is 9.03. The smallest absolute Gasteiger partial charge is 0.414 e. The number of ether oxygens (including phenoxy) is 4. The molecule has 2 fully saturated rings. The number of carbonyl (C=O) groups excluding carboxylic acids is 2. The number of benzene rings is 2. The van der Waals surface area contributed by atoms with Crippen molar-refractivity contribution in [2.45, 2.75) is 88.6 Å². The van der Waals surface area contributed by atoms with Crippen LogP contribution in [-0.2, 0) is 40.2 Å². The normalized spacial score (nSPS) is 21.1. The first-order chi connectivity index (χ1) is 21.6. The molecule has 2 aliphatic heterocycles. The van der Waals surface area contributed by atoms with Gasteiger partial charge in [0.1, 0.15) is 11.7 Å². The summed E-state index contributed by atoms with van der Waals surface area (Å²) < 4.78 is 50.7. The van der Waals surface area contributed by atoms with E-state index in [1.807, 2.05) is 30.3 Å².